The van der Waals surface area contributed by atoms with Crippen molar-refractivity contribution in [3.05, 3.63) is 0 Å². The summed E-state index contributed by atoms with van der Waals surface area (Å²) >= 11 is 0. The van der Waals surface area contributed by atoms with Gasteiger partial charge in [0.05, 0.1) is 11.5 Å². The highest BCUT2D eigenvalue weighted by atomic mass is 16.6. The van der Waals surface area contributed by atoms with Gasteiger partial charge in [-0.3, -0.25) is 9.59 Å². The van der Waals surface area contributed by atoms with Gasteiger partial charge >= 0.3 is 11.9 Å². The molecule has 0 spiro atoms. The van der Waals surface area contributed by atoms with Crippen molar-refractivity contribution in [2.75, 3.05) is 13.7 Å². The first-order chi connectivity index (χ1) is 10.7. The molecule has 0 amide bonds. The van der Waals surface area contributed by atoms with E-state index in [0.717, 1.165) is 19.3 Å². The lowest BCUT2D eigenvalue weighted by Crippen LogP contribution is -2.44. The first-order valence-corrected chi connectivity index (χ1v) is 8.60. The summed E-state index contributed by atoms with van der Waals surface area (Å²) in [6.45, 7) is 9.51. The third-order valence-corrected chi connectivity index (χ3v) is 5.14. The first kappa shape index (κ1) is 19.9. The summed E-state index contributed by atoms with van der Waals surface area (Å²) < 4.78 is 16.4. The Balaban J connectivity index is 2.68. The third-order valence-electron chi connectivity index (χ3n) is 5.14. The van der Waals surface area contributed by atoms with Crippen LogP contribution in [0.4, 0.5) is 0 Å². The zero-order valence-corrected chi connectivity index (χ0v) is 15.4. The molecule has 1 aliphatic rings. The van der Waals surface area contributed by atoms with Crippen LogP contribution in [0.5, 0.6) is 0 Å². The minimum absolute atomic E-state index is 0.0522. The van der Waals surface area contributed by atoms with Crippen LogP contribution >= 0.6 is 0 Å². The molecule has 0 saturated heterocycles. The second-order valence-electron chi connectivity index (χ2n) is 7.23. The van der Waals surface area contributed by atoms with E-state index in [0.29, 0.717) is 18.3 Å². The molecule has 0 aromatic carbocycles. The maximum absolute atomic E-state index is 12.6. The Bertz CT molecular complexity index is 406. The molecular formula is C18H32O5. The number of rotatable bonds is 7. The number of hydrogen-bond acceptors (Lipinski definition) is 5. The first-order valence-electron chi connectivity index (χ1n) is 8.60. The predicted octanol–water partition coefficient (Wildman–Crippen LogP) is 3.35. The minimum Gasteiger partial charge on any atom is -0.465 e. The van der Waals surface area contributed by atoms with Crippen molar-refractivity contribution in [3.63, 3.8) is 0 Å². The average Bonchev–Trinajstić information content (AvgIpc) is 2.52. The molecule has 0 bridgehead atoms. The zero-order valence-electron chi connectivity index (χ0n) is 15.4. The molecular weight excluding hydrogens is 296 g/mol. The highest BCUT2D eigenvalue weighted by Crippen LogP contribution is 2.34. The Morgan fingerprint density at radius 2 is 1.87 bits per heavy atom. The molecule has 0 aliphatic heterocycles. The largest absolute Gasteiger partial charge is 0.465 e. The number of carbonyl (C=O) groups is 2. The summed E-state index contributed by atoms with van der Waals surface area (Å²) in [5.41, 5.74) is -0.807. The standard InChI is InChI=1S/C18H32O5/c1-7-18(5,11-22-13(4)19)17(20)23-15-9-8-14(12(2)3)10-16(15)21-6/h12,14-16H,7-11H2,1-6H3/t14-,15-,16-,18-/m1/s1. The molecule has 1 saturated carbocycles. The van der Waals surface area contributed by atoms with Crippen LogP contribution in [-0.2, 0) is 23.8 Å². The van der Waals surface area contributed by atoms with E-state index in [9.17, 15) is 9.59 Å². The summed E-state index contributed by atoms with van der Waals surface area (Å²) in [5, 5.41) is 0. The van der Waals surface area contributed by atoms with Gasteiger partial charge in [-0.2, -0.15) is 0 Å². The van der Waals surface area contributed by atoms with Crippen molar-refractivity contribution in [3.8, 4) is 0 Å². The monoisotopic (exact) mass is 328 g/mol. The van der Waals surface area contributed by atoms with Gasteiger partial charge in [-0.05, 0) is 44.4 Å². The van der Waals surface area contributed by atoms with Crippen molar-refractivity contribution in [2.45, 2.75) is 72.5 Å². The number of esters is 2. The molecule has 23 heavy (non-hydrogen) atoms. The summed E-state index contributed by atoms with van der Waals surface area (Å²) in [6.07, 6.45) is 3.06. The fourth-order valence-electron chi connectivity index (χ4n) is 2.97. The molecule has 1 rings (SSSR count). The molecule has 134 valence electrons. The molecule has 0 aromatic heterocycles. The van der Waals surface area contributed by atoms with Crippen molar-refractivity contribution in [1.82, 2.24) is 0 Å². The molecule has 5 nitrogen and oxygen atoms in total. The van der Waals surface area contributed by atoms with Crippen LogP contribution in [0.1, 0.15) is 60.3 Å². The van der Waals surface area contributed by atoms with Gasteiger partial charge in [0, 0.05) is 14.0 Å². The van der Waals surface area contributed by atoms with Gasteiger partial charge in [-0.15, -0.1) is 0 Å². The highest BCUT2D eigenvalue weighted by Gasteiger charge is 2.40. The Morgan fingerprint density at radius 1 is 1.22 bits per heavy atom. The maximum Gasteiger partial charge on any atom is 0.315 e. The smallest absolute Gasteiger partial charge is 0.315 e. The van der Waals surface area contributed by atoms with E-state index in [4.69, 9.17) is 14.2 Å². The number of carbonyl (C=O) groups excluding carboxylic acids is 2. The highest BCUT2D eigenvalue weighted by molar-refractivity contribution is 5.77. The second kappa shape index (κ2) is 8.67. The van der Waals surface area contributed by atoms with Gasteiger partial charge in [0.25, 0.3) is 0 Å². The third kappa shape index (κ3) is 5.48. The van der Waals surface area contributed by atoms with Gasteiger partial charge in [0.2, 0.25) is 0 Å². The molecule has 0 aromatic rings. The van der Waals surface area contributed by atoms with Crippen LogP contribution in [0.2, 0.25) is 0 Å². The van der Waals surface area contributed by atoms with Crippen LogP contribution in [-0.4, -0.2) is 37.9 Å². The number of ether oxygens (including phenoxy) is 3. The fourth-order valence-corrected chi connectivity index (χ4v) is 2.97. The molecule has 0 N–H and O–H groups in total. The summed E-state index contributed by atoms with van der Waals surface area (Å²) in [7, 11) is 1.67. The summed E-state index contributed by atoms with van der Waals surface area (Å²) in [4.78, 5) is 23.6. The van der Waals surface area contributed by atoms with Crippen LogP contribution in [0.15, 0.2) is 0 Å². The van der Waals surface area contributed by atoms with Crippen molar-refractivity contribution in [1.29, 1.82) is 0 Å². The fraction of sp³-hybridized carbons (Fsp3) is 0.889. The number of hydrogen-bond donors (Lipinski definition) is 0. The Morgan fingerprint density at radius 3 is 2.35 bits per heavy atom. The van der Waals surface area contributed by atoms with Crippen LogP contribution < -0.4 is 0 Å². The van der Waals surface area contributed by atoms with E-state index >= 15 is 0 Å². The average molecular weight is 328 g/mol. The molecule has 5 heteroatoms. The normalized spacial score (nSPS) is 27.3. The minimum atomic E-state index is -0.807. The van der Waals surface area contributed by atoms with Crippen LogP contribution in [0.3, 0.4) is 0 Å². The quantitative estimate of drug-likeness (QED) is 0.671. The van der Waals surface area contributed by atoms with Crippen molar-refractivity contribution < 1.29 is 23.8 Å². The van der Waals surface area contributed by atoms with Crippen molar-refractivity contribution in [2.24, 2.45) is 17.3 Å². The Labute approximate surface area is 140 Å². The Hall–Kier alpha value is -1.10. The molecule has 0 heterocycles. The van der Waals surface area contributed by atoms with E-state index in [-0.39, 0.29) is 30.8 Å². The van der Waals surface area contributed by atoms with Crippen LogP contribution in [0, 0.1) is 17.3 Å². The van der Waals surface area contributed by atoms with E-state index in [1.807, 2.05) is 6.92 Å². The van der Waals surface area contributed by atoms with E-state index in [1.165, 1.54) is 6.92 Å². The molecule has 0 radical (unpaired) electrons. The van der Waals surface area contributed by atoms with Crippen molar-refractivity contribution >= 4 is 11.9 Å². The molecule has 1 aliphatic carbocycles. The lowest BCUT2D eigenvalue weighted by atomic mass is 9.79. The molecule has 0 unspecified atom stereocenters. The Kier molecular flexibility index (Phi) is 7.52. The van der Waals surface area contributed by atoms with E-state index in [1.54, 1.807) is 14.0 Å². The lowest BCUT2D eigenvalue weighted by molar-refractivity contribution is -0.177. The summed E-state index contributed by atoms with van der Waals surface area (Å²) in [6, 6.07) is 0. The van der Waals surface area contributed by atoms with Gasteiger partial charge in [-0.1, -0.05) is 20.8 Å². The zero-order chi connectivity index (χ0) is 17.6. The van der Waals surface area contributed by atoms with Gasteiger partial charge < -0.3 is 14.2 Å². The topological polar surface area (TPSA) is 61.8 Å². The van der Waals surface area contributed by atoms with E-state index < -0.39 is 5.41 Å². The van der Waals surface area contributed by atoms with Gasteiger partial charge in [-0.25, -0.2) is 0 Å². The van der Waals surface area contributed by atoms with Crippen LogP contribution in [0.25, 0.3) is 0 Å². The SMILES string of the molecule is CC[C@](C)(COC(C)=O)C(=O)O[C@@H]1CC[C@@H](C(C)C)C[C@H]1OC. The van der Waals surface area contributed by atoms with Gasteiger partial charge in [0.15, 0.2) is 0 Å². The second-order valence-corrected chi connectivity index (χ2v) is 7.23. The summed E-state index contributed by atoms with van der Waals surface area (Å²) in [5.74, 6) is 0.517. The van der Waals surface area contributed by atoms with E-state index in [2.05, 4.69) is 13.8 Å². The molecule has 1 fully saturated rings. The molecule has 4 atom stereocenters. The van der Waals surface area contributed by atoms with Gasteiger partial charge in [0.1, 0.15) is 12.7 Å². The predicted molar refractivity (Wildman–Crippen MR) is 87.9 cm³/mol. The lowest BCUT2D eigenvalue weighted by Gasteiger charge is -2.38. The maximum atomic E-state index is 12.6. The number of methoxy groups -OCH3 is 1.